The van der Waals surface area contributed by atoms with Crippen molar-refractivity contribution < 1.29 is 19.4 Å². The molecule has 1 heterocycles. The normalized spacial score (nSPS) is 19.0. The third kappa shape index (κ3) is 3.78. The molecule has 1 aliphatic heterocycles. The fourth-order valence-electron chi connectivity index (χ4n) is 2.60. The predicted molar refractivity (Wildman–Crippen MR) is 83.7 cm³/mol. The van der Waals surface area contributed by atoms with Gasteiger partial charge in [-0.1, -0.05) is 26.8 Å². The molecule has 2 rings (SSSR count). The van der Waals surface area contributed by atoms with Gasteiger partial charge in [0.25, 0.3) is 0 Å². The van der Waals surface area contributed by atoms with E-state index in [4.69, 9.17) is 9.47 Å². The van der Waals surface area contributed by atoms with Crippen LogP contribution in [0.1, 0.15) is 50.5 Å². The van der Waals surface area contributed by atoms with Crippen LogP contribution in [0.3, 0.4) is 0 Å². The molecule has 0 aromatic heterocycles. The van der Waals surface area contributed by atoms with Crippen LogP contribution in [0.15, 0.2) is 18.2 Å². The van der Waals surface area contributed by atoms with Crippen LogP contribution in [0.2, 0.25) is 0 Å². The number of rotatable bonds is 4. The van der Waals surface area contributed by atoms with Gasteiger partial charge in [-0.2, -0.15) is 0 Å². The highest BCUT2D eigenvalue weighted by molar-refractivity contribution is 5.77. The van der Waals surface area contributed by atoms with Crippen molar-refractivity contribution in [1.82, 2.24) is 5.32 Å². The minimum absolute atomic E-state index is 0.0387. The Morgan fingerprint density at radius 1 is 1.50 bits per heavy atom. The van der Waals surface area contributed by atoms with Crippen LogP contribution in [0.5, 0.6) is 5.75 Å². The monoisotopic (exact) mass is 307 g/mol. The number of methoxy groups -OCH3 is 1. The number of carbonyl (C=O) groups is 1. The van der Waals surface area contributed by atoms with Crippen LogP contribution in [0.4, 0.5) is 0 Å². The summed E-state index contributed by atoms with van der Waals surface area (Å²) in [5, 5.41) is 13.4. The van der Waals surface area contributed by atoms with Gasteiger partial charge in [0.2, 0.25) is 5.91 Å². The van der Waals surface area contributed by atoms with E-state index >= 15 is 0 Å². The Bertz CT molecular complexity index is 536. The third-order valence-electron chi connectivity index (χ3n) is 3.82. The minimum Gasteiger partial charge on any atom is -0.493 e. The molecule has 0 saturated heterocycles. The largest absolute Gasteiger partial charge is 0.493 e. The molecule has 0 saturated carbocycles. The van der Waals surface area contributed by atoms with E-state index < -0.39 is 6.10 Å². The Kier molecular flexibility index (Phi) is 5.08. The fraction of sp³-hybridized carbons (Fsp3) is 0.588. The van der Waals surface area contributed by atoms with Gasteiger partial charge in [-0.15, -0.1) is 0 Å². The smallest absolute Gasteiger partial charge is 0.246 e. The third-order valence-corrected chi connectivity index (χ3v) is 3.82. The zero-order valence-corrected chi connectivity index (χ0v) is 13.7. The molecule has 5 heteroatoms. The summed E-state index contributed by atoms with van der Waals surface area (Å²) in [5.74, 6) is 0.612. The number of ether oxygens (including phenoxy) is 2. The first kappa shape index (κ1) is 16.8. The van der Waals surface area contributed by atoms with E-state index in [1.807, 2.05) is 39.0 Å². The van der Waals surface area contributed by atoms with E-state index in [9.17, 15) is 9.90 Å². The van der Waals surface area contributed by atoms with Gasteiger partial charge in [0, 0.05) is 19.1 Å². The second-order valence-corrected chi connectivity index (χ2v) is 6.76. The standard InChI is InChI=1S/C17H25NO4/c1-17(2,3)16(20)11-5-6-14-12(9-11)13(7-8-22-14)18-15(19)10-21-4/h5-6,9,13,16,20H,7-8,10H2,1-4H3,(H,18,19). The number of carbonyl (C=O) groups excluding carboxylic acids is 1. The second kappa shape index (κ2) is 6.67. The summed E-state index contributed by atoms with van der Waals surface area (Å²) in [6.45, 7) is 6.57. The lowest BCUT2D eigenvalue weighted by Crippen LogP contribution is -2.34. The number of benzene rings is 1. The number of aliphatic hydroxyl groups is 1. The molecule has 2 N–H and O–H groups in total. The van der Waals surface area contributed by atoms with E-state index in [-0.39, 0.29) is 24.0 Å². The van der Waals surface area contributed by atoms with Gasteiger partial charge in [-0.05, 0) is 23.1 Å². The Morgan fingerprint density at radius 3 is 2.86 bits per heavy atom. The first-order valence-corrected chi connectivity index (χ1v) is 7.56. The lowest BCUT2D eigenvalue weighted by atomic mass is 9.83. The Morgan fingerprint density at radius 2 is 2.23 bits per heavy atom. The highest BCUT2D eigenvalue weighted by Crippen LogP contribution is 2.38. The van der Waals surface area contributed by atoms with Gasteiger partial charge < -0.3 is 19.9 Å². The molecule has 1 amide bonds. The summed E-state index contributed by atoms with van der Waals surface area (Å²) < 4.78 is 10.5. The van der Waals surface area contributed by atoms with Gasteiger partial charge in [-0.25, -0.2) is 0 Å². The Hall–Kier alpha value is -1.59. The van der Waals surface area contributed by atoms with Crippen LogP contribution < -0.4 is 10.1 Å². The maximum atomic E-state index is 11.8. The van der Waals surface area contributed by atoms with Crippen molar-refractivity contribution >= 4 is 5.91 Å². The van der Waals surface area contributed by atoms with E-state index in [2.05, 4.69) is 5.32 Å². The highest BCUT2D eigenvalue weighted by Gasteiger charge is 2.28. The number of aliphatic hydroxyl groups excluding tert-OH is 1. The first-order valence-electron chi connectivity index (χ1n) is 7.56. The van der Waals surface area contributed by atoms with Crippen molar-refractivity contribution in [3.63, 3.8) is 0 Å². The average molecular weight is 307 g/mol. The molecule has 0 spiro atoms. The summed E-state index contributed by atoms with van der Waals surface area (Å²) in [5.41, 5.74) is 1.50. The molecule has 1 aliphatic rings. The van der Waals surface area contributed by atoms with E-state index in [1.165, 1.54) is 7.11 Å². The number of hydrogen-bond donors (Lipinski definition) is 2. The summed E-state index contributed by atoms with van der Waals surface area (Å²) in [6.07, 6.45) is 0.132. The van der Waals surface area contributed by atoms with Crippen molar-refractivity contribution in [3.8, 4) is 5.75 Å². The zero-order valence-electron chi connectivity index (χ0n) is 13.7. The quantitative estimate of drug-likeness (QED) is 0.896. The van der Waals surface area contributed by atoms with Crippen molar-refractivity contribution in [2.45, 2.75) is 39.3 Å². The van der Waals surface area contributed by atoms with Crippen LogP contribution in [0.25, 0.3) is 0 Å². The van der Waals surface area contributed by atoms with Crippen LogP contribution in [-0.2, 0) is 9.53 Å². The Balaban J connectivity index is 2.26. The molecular weight excluding hydrogens is 282 g/mol. The lowest BCUT2D eigenvalue weighted by molar-refractivity contribution is -0.125. The first-order chi connectivity index (χ1) is 10.3. The topological polar surface area (TPSA) is 67.8 Å². The van der Waals surface area contributed by atoms with E-state index in [0.717, 1.165) is 16.9 Å². The summed E-state index contributed by atoms with van der Waals surface area (Å²) in [6, 6.07) is 5.57. The molecule has 22 heavy (non-hydrogen) atoms. The van der Waals surface area contributed by atoms with Crippen molar-refractivity contribution in [2.24, 2.45) is 5.41 Å². The number of hydrogen-bond acceptors (Lipinski definition) is 4. The molecule has 0 radical (unpaired) electrons. The Labute approximate surface area is 131 Å². The van der Waals surface area contributed by atoms with Crippen molar-refractivity contribution in [1.29, 1.82) is 0 Å². The molecule has 1 aromatic carbocycles. The van der Waals surface area contributed by atoms with Crippen molar-refractivity contribution in [3.05, 3.63) is 29.3 Å². The van der Waals surface area contributed by atoms with Crippen LogP contribution >= 0.6 is 0 Å². The molecule has 0 fully saturated rings. The van der Waals surface area contributed by atoms with E-state index in [0.29, 0.717) is 13.0 Å². The second-order valence-electron chi connectivity index (χ2n) is 6.76. The van der Waals surface area contributed by atoms with Crippen molar-refractivity contribution in [2.75, 3.05) is 20.3 Å². The van der Waals surface area contributed by atoms with Gasteiger partial charge in [-0.3, -0.25) is 4.79 Å². The summed E-state index contributed by atoms with van der Waals surface area (Å²) in [7, 11) is 1.50. The van der Waals surface area contributed by atoms with E-state index in [1.54, 1.807) is 0 Å². The number of amides is 1. The molecule has 0 bridgehead atoms. The fourth-order valence-corrected chi connectivity index (χ4v) is 2.60. The van der Waals surface area contributed by atoms with Gasteiger partial charge in [0.05, 0.1) is 18.8 Å². The van der Waals surface area contributed by atoms with Crippen LogP contribution in [-0.4, -0.2) is 31.3 Å². The lowest BCUT2D eigenvalue weighted by Gasteiger charge is -2.30. The van der Waals surface area contributed by atoms with Gasteiger partial charge in [0.15, 0.2) is 0 Å². The van der Waals surface area contributed by atoms with Gasteiger partial charge in [0.1, 0.15) is 12.4 Å². The molecule has 1 aromatic rings. The maximum Gasteiger partial charge on any atom is 0.246 e. The maximum absolute atomic E-state index is 11.8. The van der Waals surface area contributed by atoms with Gasteiger partial charge >= 0.3 is 0 Å². The molecule has 5 nitrogen and oxygen atoms in total. The van der Waals surface area contributed by atoms with Crippen LogP contribution in [0, 0.1) is 5.41 Å². The predicted octanol–water partition coefficient (Wildman–Crippen LogP) is 2.35. The summed E-state index contributed by atoms with van der Waals surface area (Å²) >= 11 is 0. The highest BCUT2D eigenvalue weighted by atomic mass is 16.5. The SMILES string of the molecule is COCC(=O)NC1CCOc2ccc(C(O)C(C)(C)C)cc21. The number of nitrogens with one attached hydrogen (secondary N) is 1. The molecule has 2 unspecified atom stereocenters. The minimum atomic E-state index is -0.574. The average Bonchev–Trinajstić information content (AvgIpc) is 2.45. The molecule has 122 valence electrons. The molecule has 0 aliphatic carbocycles. The number of fused-ring (bicyclic) bond motifs is 1. The summed E-state index contributed by atoms with van der Waals surface area (Å²) in [4.78, 5) is 11.8. The zero-order chi connectivity index (χ0) is 16.3. The molecular formula is C17H25NO4. The molecule has 2 atom stereocenters.